The summed E-state index contributed by atoms with van der Waals surface area (Å²) in [7, 11) is 0. The summed E-state index contributed by atoms with van der Waals surface area (Å²) < 4.78 is 5.44. The molecule has 21 heavy (non-hydrogen) atoms. The highest BCUT2D eigenvalue weighted by atomic mass is 35.5. The Hall–Kier alpha value is -1.88. The van der Waals surface area contributed by atoms with Crippen molar-refractivity contribution in [2.24, 2.45) is 0 Å². The Balaban J connectivity index is 1.70. The number of nitrogens with one attached hydrogen (secondary N) is 1. The molecule has 5 nitrogen and oxygen atoms in total. The van der Waals surface area contributed by atoms with E-state index >= 15 is 0 Å². The first kappa shape index (κ1) is 14.1. The smallest absolute Gasteiger partial charge is 0.309 e. The maximum atomic E-state index is 12.1. The molecule has 1 aliphatic carbocycles. The predicted molar refractivity (Wildman–Crippen MR) is 79.1 cm³/mol. The zero-order valence-electron chi connectivity index (χ0n) is 11.5. The topological polar surface area (TPSA) is 68.0 Å². The van der Waals surface area contributed by atoms with Crippen LogP contribution in [0.1, 0.15) is 42.8 Å². The van der Waals surface area contributed by atoms with Gasteiger partial charge in [0.25, 0.3) is 0 Å². The Morgan fingerprint density at radius 2 is 2.05 bits per heavy atom. The summed E-state index contributed by atoms with van der Waals surface area (Å²) >= 11 is 5.92. The second-order valence-electron chi connectivity index (χ2n) is 5.23. The van der Waals surface area contributed by atoms with Gasteiger partial charge >= 0.3 is 11.8 Å². The van der Waals surface area contributed by atoms with Gasteiger partial charge in [-0.15, -0.1) is 10.2 Å². The Bertz CT molecular complexity index is 635. The third-order valence-corrected chi connectivity index (χ3v) is 3.87. The van der Waals surface area contributed by atoms with E-state index in [0.29, 0.717) is 16.5 Å². The first-order chi connectivity index (χ1) is 10.2. The number of hydrogen-bond acceptors (Lipinski definition) is 4. The van der Waals surface area contributed by atoms with E-state index in [1.54, 1.807) is 18.2 Å². The molecule has 1 saturated carbocycles. The van der Waals surface area contributed by atoms with Crippen molar-refractivity contribution in [1.82, 2.24) is 15.5 Å². The fourth-order valence-corrected chi connectivity index (χ4v) is 2.74. The molecule has 3 rings (SSSR count). The van der Waals surface area contributed by atoms with Crippen molar-refractivity contribution in [3.63, 3.8) is 0 Å². The number of aromatic nitrogens is 2. The largest absolute Gasteiger partial charge is 0.412 e. The Morgan fingerprint density at radius 3 is 2.81 bits per heavy atom. The van der Waals surface area contributed by atoms with E-state index < -0.39 is 0 Å². The molecule has 0 unspecified atom stereocenters. The van der Waals surface area contributed by atoms with Gasteiger partial charge in [-0.2, -0.15) is 0 Å². The average molecular weight is 306 g/mol. The summed E-state index contributed by atoms with van der Waals surface area (Å²) in [6, 6.07) is 7.30. The summed E-state index contributed by atoms with van der Waals surface area (Å²) in [6.45, 7) is 0. The lowest BCUT2D eigenvalue weighted by Crippen LogP contribution is -2.36. The van der Waals surface area contributed by atoms with Crippen LogP contribution < -0.4 is 5.32 Å². The number of benzene rings is 1. The summed E-state index contributed by atoms with van der Waals surface area (Å²) in [5.41, 5.74) is 0.701. The van der Waals surface area contributed by atoms with Crippen molar-refractivity contribution in [3.05, 3.63) is 35.2 Å². The zero-order chi connectivity index (χ0) is 14.7. The van der Waals surface area contributed by atoms with Crippen LogP contribution in [0, 0.1) is 0 Å². The molecule has 1 N–H and O–H groups in total. The van der Waals surface area contributed by atoms with E-state index in [4.69, 9.17) is 16.0 Å². The molecule has 6 heteroatoms. The van der Waals surface area contributed by atoms with Crippen LogP contribution in [0.15, 0.2) is 28.7 Å². The molecule has 0 spiro atoms. The van der Waals surface area contributed by atoms with Gasteiger partial charge in [-0.3, -0.25) is 4.79 Å². The highest BCUT2D eigenvalue weighted by Gasteiger charge is 2.21. The molecule has 1 heterocycles. The van der Waals surface area contributed by atoms with Gasteiger partial charge in [-0.25, -0.2) is 0 Å². The van der Waals surface area contributed by atoms with Crippen molar-refractivity contribution in [3.8, 4) is 11.5 Å². The number of amides is 1. The molecule has 1 amide bonds. The van der Waals surface area contributed by atoms with Crippen LogP contribution in [0.5, 0.6) is 0 Å². The quantitative estimate of drug-likeness (QED) is 0.943. The minimum atomic E-state index is -0.303. The lowest BCUT2D eigenvalue weighted by atomic mass is 9.95. The Kier molecular flexibility index (Phi) is 4.20. The normalized spacial score (nSPS) is 15.9. The summed E-state index contributed by atoms with van der Waals surface area (Å²) in [5, 5.41) is 11.3. The molecule has 1 aromatic heterocycles. The maximum absolute atomic E-state index is 12.1. The van der Waals surface area contributed by atoms with Gasteiger partial charge in [0.05, 0.1) is 0 Å². The van der Waals surface area contributed by atoms with Crippen molar-refractivity contribution < 1.29 is 9.21 Å². The standard InChI is InChI=1S/C15H16ClN3O2/c16-11-6-4-5-10(9-11)14-18-19-15(21-14)13(20)17-12-7-2-1-3-8-12/h4-6,9,12H,1-3,7-8H2,(H,17,20). The summed E-state index contributed by atoms with van der Waals surface area (Å²) in [5.74, 6) is -0.00970. The van der Waals surface area contributed by atoms with E-state index in [-0.39, 0.29) is 17.8 Å². The molecule has 110 valence electrons. The third-order valence-electron chi connectivity index (χ3n) is 3.63. The molecule has 1 aromatic carbocycles. The molecule has 0 aliphatic heterocycles. The SMILES string of the molecule is O=C(NC1CCCCC1)c1nnc(-c2cccc(Cl)c2)o1. The number of rotatable bonds is 3. The van der Waals surface area contributed by atoms with Crippen LogP contribution in [0.2, 0.25) is 5.02 Å². The molecule has 1 fully saturated rings. The van der Waals surface area contributed by atoms with Gasteiger partial charge < -0.3 is 9.73 Å². The van der Waals surface area contributed by atoms with E-state index in [1.165, 1.54) is 6.42 Å². The Labute approximate surface area is 127 Å². The van der Waals surface area contributed by atoms with E-state index in [0.717, 1.165) is 25.7 Å². The first-order valence-corrected chi connectivity index (χ1v) is 7.50. The number of carbonyl (C=O) groups is 1. The molecular formula is C15H16ClN3O2. The van der Waals surface area contributed by atoms with Crippen molar-refractivity contribution in [1.29, 1.82) is 0 Å². The van der Waals surface area contributed by atoms with Gasteiger partial charge in [0.15, 0.2) is 0 Å². The van der Waals surface area contributed by atoms with E-state index in [1.807, 2.05) is 6.07 Å². The molecule has 0 saturated heterocycles. The zero-order valence-corrected chi connectivity index (χ0v) is 12.3. The van der Waals surface area contributed by atoms with Gasteiger partial charge in [-0.05, 0) is 31.0 Å². The van der Waals surface area contributed by atoms with Gasteiger partial charge in [0.2, 0.25) is 5.89 Å². The van der Waals surface area contributed by atoms with Gasteiger partial charge in [0, 0.05) is 16.6 Å². The highest BCUT2D eigenvalue weighted by Crippen LogP contribution is 2.22. The second kappa shape index (κ2) is 6.26. The molecule has 1 aliphatic rings. The van der Waals surface area contributed by atoms with Crippen molar-refractivity contribution >= 4 is 17.5 Å². The fourth-order valence-electron chi connectivity index (χ4n) is 2.55. The number of carbonyl (C=O) groups excluding carboxylic acids is 1. The fraction of sp³-hybridized carbons (Fsp3) is 0.400. The van der Waals surface area contributed by atoms with E-state index in [2.05, 4.69) is 15.5 Å². The highest BCUT2D eigenvalue weighted by molar-refractivity contribution is 6.30. The monoisotopic (exact) mass is 305 g/mol. The van der Waals surface area contributed by atoms with Gasteiger partial charge in [-0.1, -0.05) is 36.9 Å². The minimum Gasteiger partial charge on any atom is -0.412 e. The van der Waals surface area contributed by atoms with Crippen molar-refractivity contribution in [2.45, 2.75) is 38.1 Å². The van der Waals surface area contributed by atoms with Crippen LogP contribution in [-0.4, -0.2) is 22.1 Å². The van der Waals surface area contributed by atoms with E-state index in [9.17, 15) is 4.79 Å². The summed E-state index contributed by atoms with van der Waals surface area (Å²) in [6.07, 6.45) is 5.58. The number of halogens is 1. The average Bonchev–Trinajstić information content (AvgIpc) is 2.98. The number of nitrogens with zero attached hydrogens (tertiary/aromatic N) is 2. The lowest BCUT2D eigenvalue weighted by Gasteiger charge is -2.21. The molecule has 0 radical (unpaired) electrons. The Morgan fingerprint density at radius 1 is 1.24 bits per heavy atom. The lowest BCUT2D eigenvalue weighted by molar-refractivity contribution is 0.0893. The van der Waals surface area contributed by atoms with Crippen LogP contribution in [0.25, 0.3) is 11.5 Å². The predicted octanol–water partition coefficient (Wildman–Crippen LogP) is 3.45. The molecule has 0 atom stereocenters. The van der Waals surface area contributed by atoms with Gasteiger partial charge in [0.1, 0.15) is 0 Å². The van der Waals surface area contributed by atoms with Crippen LogP contribution in [0.4, 0.5) is 0 Å². The van der Waals surface area contributed by atoms with Crippen LogP contribution >= 0.6 is 11.6 Å². The number of hydrogen-bond donors (Lipinski definition) is 1. The third kappa shape index (κ3) is 3.42. The van der Waals surface area contributed by atoms with Crippen LogP contribution in [0.3, 0.4) is 0 Å². The maximum Gasteiger partial charge on any atom is 0.309 e. The summed E-state index contributed by atoms with van der Waals surface area (Å²) in [4.78, 5) is 12.1. The van der Waals surface area contributed by atoms with Crippen molar-refractivity contribution in [2.75, 3.05) is 0 Å². The second-order valence-corrected chi connectivity index (χ2v) is 5.67. The van der Waals surface area contributed by atoms with Crippen LogP contribution in [-0.2, 0) is 0 Å². The first-order valence-electron chi connectivity index (χ1n) is 7.13. The molecule has 0 bridgehead atoms. The molecule has 2 aromatic rings. The molecular weight excluding hydrogens is 290 g/mol. The minimum absolute atomic E-state index is 0.00412.